The van der Waals surface area contributed by atoms with Gasteiger partial charge in [0.1, 0.15) is 5.75 Å². The van der Waals surface area contributed by atoms with E-state index in [0.29, 0.717) is 30.0 Å². The molecule has 3 aromatic carbocycles. The Morgan fingerprint density at radius 1 is 0.938 bits per heavy atom. The lowest BCUT2D eigenvalue weighted by molar-refractivity contribution is -0.134. The lowest BCUT2D eigenvalue weighted by atomic mass is 10.0. The summed E-state index contributed by atoms with van der Waals surface area (Å²) in [4.78, 5) is 20.6. The van der Waals surface area contributed by atoms with Crippen LogP contribution in [-0.4, -0.2) is 15.9 Å². The summed E-state index contributed by atoms with van der Waals surface area (Å²) in [5.41, 5.74) is 3.95. The zero-order valence-corrected chi connectivity index (χ0v) is 18.1. The summed E-state index contributed by atoms with van der Waals surface area (Å²) in [7, 11) is 0. The monoisotopic (exact) mass is 440 g/mol. The quantitative estimate of drug-likeness (QED) is 0.229. The highest BCUT2D eigenvalue weighted by atomic mass is 35.5. The number of halogens is 1. The second-order valence-corrected chi connectivity index (χ2v) is 8.12. The van der Waals surface area contributed by atoms with E-state index < -0.39 is 0 Å². The number of pyridine rings is 1. The molecular formula is C27H21ClN2O2. The van der Waals surface area contributed by atoms with E-state index in [1.54, 1.807) is 6.20 Å². The summed E-state index contributed by atoms with van der Waals surface area (Å²) in [6, 6.07) is 25.3. The molecule has 0 atom stereocenters. The number of rotatable bonds is 6. The number of hydrogen-bond acceptors (Lipinski definition) is 3. The van der Waals surface area contributed by atoms with Crippen LogP contribution in [0.4, 0.5) is 0 Å². The van der Waals surface area contributed by atoms with Crippen molar-refractivity contribution in [3.8, 4) is 17.1 Å². The SMILES string of the molecule is O=C(CCCc1c(-c2ccccn2)[nH]c2ccc(Cl)cc12)Oc1cccc2ccccc12. The molecule has 5 aromatic rings. The molecule has 0 saturated carbocycles. The molecular weight excluding hydrogens is 420 g/mol. The number of esters is 1. The number of benzene rings is 3. The average Bonchev–Trinajstić information content (AvgIpc) is 3.17. The number of aryl methyl sites for hydroxylation is 1. The molecule has 0 unspecified atom stereocenters. The summed E-state index contributed by atoms with van der Waals surface area (Å²) in [5.74, 6) is 0.361. The molecule has 0 saturated heterocycles. The first-order chi connectivity index (χ1) is 15.7. The van der Waals surface area contributed by atoms with Gasteiger partial charge in [-0.3, -0.25) is 9.78 Å². The largest absolute Gasteiger partial charge is 0.426 e. The topological polar surface area (TPSA) is 55.0 Å². The highest BCUT2D eigenvalue weighted by Gasteiger charge is 2.16. The fourth-order valence-corrected chi connectivity index (χ4v) is 4.25. The summed E-state index contributed by atoms with van der Waals surface area (Å²) in [6.07, 6.45) is 3.46. The zero-order valence-electron chi connectivity index (χ0n) is 17.3. The standard InChI is InChI=1S/C27H21ClN2O2/c28-19-14-15-23-22(17-19)21(27(30-23)24-11-3-4-16-29-24)10-6-13-26(31)32-25-12-5-8-18-7-1-2-9-20(18)25/h1-5,7-9,11-12,14-17,30H,6,10,13H2. The van der Waals surface area contributed by atoms with Crippen molar-refractivity contribution in [2.45, 2.75) is 19.3 Å². The smallest absolute Gasteiger partial charge is 0.311 e. The third kappa shape index (κ3) is 4.10. The van der Waals surface area contributed by atoms with Gasteiger partial charge in [-0.25, -0.2) is 0 Å². The first kappa shape index (κ1) is 20.3. The van der Waals surface area contributed by atoms with Crippen LogP contribution in [0.5, 0.6) is 5.75 Å². The number of ether oxygens (including phenoxy) is 1. The van der Waals surface area contributed by atoms with Crippen molar-refractivity contribution in [1.29, 1.82) is 0 Å². The van der Waals surface area contributed by atoms with Gasteiger partial charge >= 0.3 is 5.97 Å². The van der Waals surface area contributed by atoms with Gasteiger partial charge in [0.25, 0.3) is 0 Å². The Hall–Kier alpha value is -3.63. The van der Waals surface area contributed by atoms with Crippen LogP contribution in [0.25, 0.3) is 33.1 Å². The lowest BCUT2D eigenvalue weighted by Crippen LogP contribution is -2.08. The molecule has 0 radical (unpaired) electrons. The Bertz CT molecular complexity index is 1400. The van der Waals surface area contributed by atoms with Gasteiger partial charge in [-0.15, -0.1) is 0 Å². The molecule has 32 heavy (non-hydrogen) atoms. The van der Waals surface area contributed by atoms with E-state index in [4.69, 9.17) is 16.3 Å². The lowest BCUT2D eigenvalue weighted by Gasteiger charge is -2.08. The Balaban J connectivity index is 1.35. The molecule has 1 N–H and O–H groups in total. The first-order valence-corrected chi connectivity index (χ1v) is 11.0. The molecule has 5 heteroatoms. The molecule has 0 fully saturated rings. The number of fused-ring (bicyclic) bond motifs is 2. The van der Waals surface area contributed by atoms with Gasteiger partial charge in [-0.05, 0) is 60.2 Å². The van der Waals surface area contributed by atoms with Crippen molar-refractivity contribution < 1.29 is 9.53 Å². The van der Waals surface area contributed by atoms with Crippen molar-refractivity contribution in [3.05, 3.63) is 95.6 Å². The minimum Gasteiger partial charge on any atom is -0.426 e. The van der Waals surface area contributed by atoms with Crippen LogP contribution in [0.3, 0.4) is 0 Å². The van der Waals surface area contributed by atoms with Crippen LogP contribution >= 0.6 is 11.6 Å². The van der Waals surface area contributed by atoms with Crippen molar-refractivity contribution in [2.24, 2.45) is 0 Å². The fraction of sp³-hybridized carbons (Fsp3) is 0.111. The molecule has 0 aliphatic rings. The van der Waals surface area contributed by atoms with E-state index in [2.05, 4.69) is 9.97 Å². The number of H-pyrrole nitrogens is 1. The summed E-state index contributed by atoms with van der Waals surface area (Å²) in [6.45, 7) is 0. The molecule has 2 aromatic heterocycles. The summed E-state index contributed by atoms with van der Waals surface area (Å²) < 4.78 is 5.69. The minimum absolute atomic E-state index is 0.237. The average molecular weight is 441 g/mol. The van der Waals surface area contributed by atoms with Gasteiger partial charge < -0.3 is 9.72 Å². The maximum Gasteiger partial charge on any atom is 0.311 e. The predicted molar refractivity (Wildman–Crippen MR) is 129 cm³/mol. The number of hydrogen-bond donors (Lipinski definition) is 1. The highest BCUT2D eigenvalue weighted by molar-refractivity contribution is 6.31. The third-order valence-electron chi connectivity index (χ3n) is 5.57. The van der Waals surface area contributed by atoms with Crippen molar-refractivity contribution >= 4 is 39.2 Å². The van der Waals surface area contributed by atoms with Gasteiger partial charge in [0, 0.05) is 33.9 Å². The molecule has 0 bridgehead atoms. The number of carbonyl (C=O) groups excluding carboxylic acids is 1. The fourth-order valence-electron chi connectivity index (χ4n) is 4.08. The molecule has 0 amide bonds. The van der Waals surface area contributed by atoms with Gasteiger partial charge in [0.05, 0.1) is 11.4 Å². The van der Waals surface area contributed by atoms with E-state index in [9.17, 15) is 4.79 Å². The van der Waals surface area contributed by atoms with Crippen LogP contribution in [-0.2, 0) is 11.2 Å². The predicted octanol–water partition coefficient (Wildman–Crippen LogP) is 6.96. The normalized spacial score (nSPS) is 11.2. The van der Waals surface area contributed by atoms with Gasteiger partial charge in [-0.2, -0.15) is 0 Å². The Morgan fingerprint density at radius 2 is 1.78 bits per heavy atom. The molecule has 2 heterocycles. The van der Waals surface area contributed by atoms with Crippen molar-refractivity contribution in [1.82, 2.24) is 9.97 Å². The van der Waals surface area contributed by atoms with Crippen LogP contribution in [0, 0.1) is 0 Å². The first-order valence-electron chi connectivity index (χ1n) is 10.6. The zero-order chi connectivity index (χ0) is 21.9. The molecule has 0 aliphatic carbocycles. The summed E-state index contributed by atoms with van der Waals surface area (Å²) >= 11 is 6.26. The second-order valence-electron chi connectivity index (χ2n) is 7.69. The van der Waals surface area contributed by atoms with E-state index in [0.717, 1.165) is 38.6 Å². The number of nitrogens with zero attached hydrogens (tertiary/aromatic N) is 1. The van der Waals surface area contributed by atoms with Crippen molar-refractivity contribution in [2.75, 3.05) is 0 Å². The minimum atomic E-state index is -0.237. The van der Waals surface area contributed by atoms with Gasteiger partial charge in [-0.1, -0.05) is 54.1 Å². The maximum atomic E-state index is 12.6. The van der Waals surface area contributed by atoms with Crippen molar-refractivity contribution in [3.63, 3.8) is 0 Å². The number of nitrogens with one attached hydrogen (secondary N) is 1. The maximum absolute atomic E-state index is 12.6. The number of aromatic nitrogens is 2. The third-order valence-corrected chi connectivity index (χ3v) is 5.81. The van der Waals surface area contributed by atoms with E-state index in [1.807, 2.05) is 78.9 Å². The second kappa shape index (κ2) is 8.85. The van der Waals surface area contributed by atoms with Crippen LogP contribution in [0.1, 0.15) is 18.4 Å². The Kier molecular flexibility index (Phi) is 5.61. The molecule has 4 nitrogen and oxygen atoms in total. The summed E-state index contributed by atoms with van der Waals surface area (Å²) in [5, 5.41) is 3.72. The number of carbonyl (C=O) groups is 1. The molecule has 158 valence electrons. The Labute approximate surface area is 190 Å². The molecule has 0 aliphatic heterocycles. The van der Waals surface area contributed by atoms with Gasteiger partial charge in [0.2, 0.25) is 0 Å². The van der Waals surface area contributed by atoms with E-state index >= 15 is 0 Å². The number of aromatic amines is 1. The van der Waals surface area contributed by atoms with E-state index in [1.165, 1.54) is 0 Å². The van der Waals surface area contributed by atoms with Crippen LogP contribution in [0.2, 0.25) is 5.02 Å². The van der Waals surface area contributed by atoms with Crippen LogP contribution in [0.15, 0.2) is 85.1 Å². The van der Waals surface area contributed by atoms with E-state index in [-0.39, 0.29) is 5.97 Å². The molecule has 5 rings (SSSR count). The van der Waals surface area contributed by atoms with Gasteiger partial charge in [0.15, 0.2) is 0 Å². The van der Waals surface area contributed by atoms with Crippen LogP contribution < -0.4 is 4.74 Å². The molecule has 0 spiro atoms. The Morgan fingerprint density at radius 3 is 2.66 bits per heavy atom. The highest BCUT2D eigenvalue weighted by Crippen LogP contribution is 2.32.